The van der Waals surface area contributed by atoms with Crippen molar-refractivity contribution >= 4 is 8.32 Å². The van der Waals surface area contributed by atoms with E-state index in [1.807, 2.05) is 0 Å². The Hall–Kier alpha value is -0.303. The Morgan fingerprint density at radius 2 is 1.70 bits per heavy atom. The summed E-state index contributed by atoms with van der Waals surface area (Å²) in [5.74, 6) is 6.97. The van der Waals surface area contributed by atoms with Crippen molar-refractivity contribution < 1.29 is 9.53 Å². The summed E-state index contributed by atoms with van der Waals surface area (Å²) >= 11 is 0. The van der Waals surface area contributed by atoms with E-state index in [1.54, 1.807) is 0 Å². The summed E-state index contributed by atoms with van der Waals surface area (Å²) in [5.41, 5.74) is 0. The van der Waals surface area contributed by atoms with Gasteiger partial charge in [-0.3, -0.25) is 0 Å². The van der Waals surface area contributed by atoms with E-state index in [4.69, 9.17) is 9.53 Å². The summed E-state index contributed by atoms with van der Waals surface area (Å²) in [6.45, 7) is 14.9. The van der Waals surface area contributed by atoms with Crippen molar-refractivity contribution in [3.8, 4) is 11.8 Å². The minimum absolute atomic E-state index is 0.246. The van der Waals surface area contributed by atoms with Gasteiger partial charge in [-0.05, 0) is 43.3 Å². The molecule has 0 aromatic carbocycles. The highest BCUT2D eigenvalue weighted by molar-refractivity contribution is 6.74. The van der Waals surface area contributed by atoms with Crippen molar-refractivity contribution in [2.75, 3.05) is 13.2 Å². The first-order valence-corrected chi connectivity index (χ1v) is 10.8. The van der Waals surface area contributed by atoms with Crippen molar-refractivity contribution in [1.29, 1.82) is 0 Å². The molecule has 0 aromatic heterocycles. The Bertz CT molecular complexity index is 307. The van der Waals surface area contributed by atoms with Gasteiger partial charge in [0.05, 0.1) is 0 Å². The first-order chi connectivity index (χ1) is 9.20. The standard InChI is InChI=1S/C17H34O2Si/c1-16(12-10-8-7-9-11-14-18)13-15-19-20(5,6)17(2,3)4/h16,18H,9-15H2,1-6H3/t16-/m0/s1. The maximum absolute atomic E-state index is 8.65. The van der Waals surface area contributed by atoms with Gasteiger partial charge in [0.2, 0.25) is 0 Å². The first-order valence-electron chi connectivity index (χ1n) is 7.91. The average Bonchev–Trinajstić information content (AvgIpc) is 2.32. The Labute approximate surface area is 127 Å². The molecule has 0 aliphatic carbocycles. The highest BCUT2D eigenvalue weighted by Gasteiger charge is 2.36. The molecule has 0 aromatic rings. The third-order valence-electron chi connectivity index (χ3n) is 4.23. The van der Waals surface area contributed by atoms with Crippen molar-refractivity contribution in [2.45, 2.75) is 77.9 Å². The monoisotopic (exact) mass is 298 g/mol. The van der Waals surface area contributed by atoms with Crippen LogP contribution in [0.5, 0.6) is 0 Å². The number of aliphatic hydroxyl groups is 1. The van der Waals surface area contributed by atoms with Crippen LogP contribution in [0.4, 0.5) is 0 Å². The third-order valence-corrected chi connectivity index (χ3v) is 8.76. The summed E-state index contributed by atoms with van der Waals surface area (Å²) in [4.78, 5) is 0. The Kier molecular flexibility index (Phi) is 9.45. The van der Waals surface area contributed by atoms with E-state index in [-0.39, 0.29) is 6.61 Å². The summed E-state index contributed by atoms with van der Waals surface area (Å²) in [5, 5.41) is 8.95. The molecule has 20 heavy (non-hydrogen) atoms. The normalized spacial score (nSPS) is 13.8. The molecule has 0 unspecified atom stereocenters. The molecule has 0 rings (SSSR count). The number of hydrogen-bond donors (Lipinski definition) is 1. The van der Waals surface area contributed by atoms with Gasteiger partial charge >= 0.3 is 0 Å². The van der Waals surface area contributed by atoms with Gasteiger partial charge in [-0.25, -0.2) is 0 Å². The van der Waals surface area contributed by atoms with Gasteiger partial charge in [-0.2, -0.15) is 0 Å². The van der Waals surface area contributed by atoms with Gasteiger partial charge in [0.15, 0.2) is 8.32 Å². The van der Waals surface area contributed by atoms with Crippen LogP contribution in [-0.4, -0.2) is 26.6 Å². The second-order valence-corrected chi connectivity index (χ2v) is 12.0. The number of aliphatic hydroxyl groups excluding tert-OH is 1. The first kappa shape index (κ1) is 19.7. The highest BCUT2D eigenvalue weighted by atomic mass is 28.4. The molecule has 0 saturated carbocycles. The fourth-order valence-electron chi connectivity index (χ4n) is 1.54. The SMILES string of the molecule is C[C@@H](CCC#CCCCO)CCO[Si](C)(C)C(C)(C)C. The maximum Gasteiger partial charge on any atom is 0.191 e. The highest BCUT2D eigenvalue weighted by Crippen LogP contribution is 2.36. The molecule has 118 valence electrons. The number of rotatable bonds is 8. The molecular formula is C17H34O2Si. The van der Waals surface area contributed by atoms with Crippen LogP contribution in [0.1, 0.15) is 59.8 Å². The second-order valence-electron chi connectivity index (χ2n) is 7.22. The van der Waals surface area contributed by atoms with Gasteiger partial charge in [-0.15, -0.1) is 11.8 Å². The third kappa shape index (κ3) is 8.79. The van der Waals surface area contributed by atoms with Crippen LogP contribution in [0.15, 0.2) is 0 Å². The summed E-state index contributed by atoms with van der Waals surface area (Å²) < 4.78 is 6.20. The summed E-state index contributed by atoms with van der Waals surface area (Å²) in [6, 6.07) is 0. The molecule has 0 radical (unpaired) electrons. The molecule has 1 N–H and O–H groups in total. The second kappa shape index (κ2) is 9.60. The van der Waals surface area contributed by atoms with Crippen molar-refractivity contribution in [2.24, 2.45) is 5.92 Å². The molecule has 3 heteroatoms. The zero-order valence-electron chi connectivity index (χ0n) is 14.4. The number of hydrogen-bond acceptors (Lipinski definition) is 2. The van der Waals surface area contributed by atoms with E-state index in [2.05, 4.69) is 52.6 Å². The zero-order valence-corrected chi connectivity index (χ0v) is 15.4. The molecule has 0 fully saturated rings. The molecular weight excluding hydrogens is 264 g/mol. The van der Waals surface area contributed by atoms with E-state index in [0.29, 0.717) is 11.0 Å². The smallest absolute Gasteiger partial charge is 0.191 e. The maximum atomic E-state index is 8.65. The predicted molar refractivity (Wildman–Crippen MR) is 90.3 cm³/mol. The van der Waals surface area contributed by atoms with Gasteiger partial charge < -0.3 is 9.53 Å². The Morgan fingerprint density at radius 1 is 1.10 bits per heavy atom. The van der Waals surface area contributed by atoms with Crippen LogP contribution < -0.4 is 0 Å². The van der Waals surface area contributed by atoms with Crippen molar-refractivity contribution in [3.63, 3.8) is 0 Å². The topological polar surface area (TPSA) is 29.5 Å². The zero-order chi connectivity index (χ0) is 15.6. The Morgan fingerprint density at radius 3 is 2.25 bits per heavy atom. The largest absolute Gasteiger partial charge is 0.417 e. The van der Waals surface area contributed by atoms with Gasteiger partial charge in [0, 0.05) is 26.1 Å². The van der Waals surface area contributed by atoms with Gasteiger partial charge in [0.25, 0.3) is 0 Å². The fourth-order valence-corrected chi connectivity index (χ4v) is 2.60. The van der Waals surface area contributed by atoms with Crippen LogP contribution in [0.25, 0.3) is 0 Å². The quantitative estimate of drug-likeness (QED) is 0.403. The van der Waals surface area contributed by atoms with Crippen molar-refractivity contribution in [1.82, 2.24) is 0 Å². The summed E-state index contributed by atoms with van der Waals surface area (Å²) in [7, 11) is -1.58. The molecule has 0 bridgehead atoms. The van der Waals surface area contributed by atoms with E-state index < -0.39 is 8.32 Å². The van der Waals surface area contributed by atoms with Crippen LogP contribution >= 0.6 is 0 Å². The van der Waals surface area contributed by atoms with E-state index >= 15 is 0 Å². The van der Waals surface area contributed by atoms with E-state index in [1.165, 1.54) is 0 Å². The van der Waals surface area contributed by atoms with Crippen LogP contribution in [0.3, 0.4) is 0 Å². The molecule has 0 aliphatic rings. The minimum atomic E-state index is -1.58. The lowest BCUT2D eigenvalue weighted by molar-refractivity contribution is 0.257. The van der Waals surface area contributed by atoms with Crippen LogP contribution in [0.2, 0.25) is 18.1 Å². The molecule has 0 aliphatic heterocycles. The predicted octanol–water partition coefficient (Wildman–Crippen LogP) is 4.59. The Balaban J connectivity index is 3.78. The fraction of sp³-hybridized carbons (Fsp3) is 0.882. The van der Waals surface area contributed by atoms with E-state index in [0.717, 1.165) is 38.7 Å². The molecule has 0 amide bonds. The molecule has 2 nitrogen and oxygen atoms in total. The molecule has 0 spiro atoms. The lowest BCUT2D eigenvalue weighted by atomic mass is 10.0. The lowest BCUT2D eigenvalue weighted by Gasteiger charge is -2.36. The number of unbranched alkanes of at least 4 members (excludes halogenated alkanes) is 1. The molecule has 0 heterocycles. The average molecular weight is 299 g/mol. The molecule has 0 saturated heterocycles. The van der Waals surface area contributed by atoms with Gasteiger partial charge in [0.1, 0.15) is 0 Å². The van der Waals surface area contributed by atoms with Crippen LogP contribution in [0, 0.1) is 17.8 Å². The van der Waals surface area contributed by atoms with Crippen molar-refractivity contribution in [3.05, 3.63) is 0 Å². The van der Waals surface area contributed by atoms with E-state index in [9.17, 15) is 0 Å². The lowest BCUT2D eigenvalue weighted by Crippen LogP contribution is -2.41. The van der Waals surface area contributed by atoms with Crippen LogP contribution in [-0.2, 0) is 4.43 Å². The minimum Gasteiger partial charge on any atom is -0.417 e. The van der Waals surface area contributed by atoms with Gasteiger partial charge in [-0.1, -0.05) is 27.7 Å². The summed E-state index contributed by atoms with van der Waals surface area (Å²) in [6.07, 6.45) is 4.85. The molecule has 1 atom stereocenters.